The van der Waals surface area contributed by atoms with Gasteiger partial charge in [-0.1, -0.05) is 12.1 Å². The van der Waals surface area contributed by atoms with E-state index >= 15 is 0 Å². The van der Waals surface area contributed by atoms with Gasteiger partial charge in [-0.15, -0.1) is 0 Å². The van der Waals surface area contributed by atoms with Crippen molar-refractivity contribution in [2.75, 3.05) is 0 Å². The number of carbonyl (C=O) groups is 1. The molecular weight excluding hydrogens is 190 g/mol. The summed E-state index contributed by atoms with van der Waals surface area (Å²) < 4.78 is 5.59. The first kappa shape index (κ1) is 9.90. The van der Waals surface area contributed by atoms with E-state index < -0.39 is 0 Å². The molecule has 0 amide bonds. The van der Waals surface area contributed by atoms with E-state index in [4.69, 9.17) is 4.42 Å². The molecule has 0 N–H and O–H groups in total. The third-order valence-corrected chi connectivity index (χ3v) is 2.35. The molecule has 0 aliphatic heterocycles. The van der Waals surface area contributed by atoms with Crippen LogP contribution in [0.2, 0.25) is 0 Å². The van der Waals surface area contributed by atoms with E-state index in [0.29, 0.717) is 18.7 Å². The number of benzene rings is 1. The van der Waals surface area contributed by atoms with E-state index in [1.807, 2.05) is 25.1 Å². The van der Waals surface area contributed by atoms with E-state index in [-0.39, 0.29) is 5.78 Å². The molecule has 0 saturated heterocycles. The Bertz CT molecular complexity index is 499. The predicted octanol–water partition coefficient (Wildman–Crippen LogP) is 2.66. The van der Waals surface area contributed by atoms with Gasteiger partial charge < -0.3 is 9.21 Å². The van der Waals surface area contributed by atoms with Gasteiger partial charge in [0.25, 0.3) is 0 Å². The van der Waals surface area contributed by atoms with Crippen molar-refractivity contribution >= 4 is 16.9 Å². The van der Waals surface area contributed by atoms with Crippen LogP contribution >= 0.6 is 0 Å². The van der Waals surface area contributed by atoms with Crippen molar-refractivity contribution in [2.24, 2.45) is 0 Å². The molecule has 0 unspecified atom stereocenters. The SMILES string of the molecule is CC(=O)CCc1nc2cccc(C)c2o1. The quantitative estimate of drug-likeness (QED) is 0.770. The molecule has 15 heavy (non-hydrogen) atoms. The Balaban J connectivity index is 2.31. The minimum Gasteiger partial charge on any atom is -0.440 e. The first-order chi connectivity index (χ1) is 7.16. The first-order valence-corrected chi connectivity index (χ1v) is 5.01. The second-order valence-corrected chi connectivity index (χ2v) is 3.73. The Kier molecular flexibility index (Phi) is 2.54. The number of fused-ring (bicyclic) bond motifs is 1. The van der Waals surface area contributed by atoms with Gasteiger partial charge in [0.15, 0.2) is 11.5 Å². The summed E-state index contributed by atoms with van der Waals surface area (Å²) in [6.07, 6.45) is 1.08. The van der Waals surface area contributed by atoms with Crippen LogP contribution in [0.25, 0.3) is 11.1 Å². The Morgan fingerprint density at radius 3 is 2.93 bits per heavy atom. The average Bonchev–Trinajstić information content (AvgIpc) is 2.59. The van der Waals surface area contributed by atoms with Gasteiger partial charge in [-0.05, 0) is 25.5 Å². The van der Waals surface area contributed by atoms with Gasteiger partial charge in [-0.25, -0.2) is 4.98 Å². The molecule has 1 aromatic carbocycles. The van der Waals surface area contributed by atoms with Crippen molar-refractivity contribution in [3.8, 4) is 0 Å². The number of para-hydroxylation sites is 1. The number of oxazole rings is 1. The lowest BCUT2D eigenvalue weighted by Crippen LogP contribution is -1.93. The lowest BCUT2D eigenvalue weighted by Gasteiger charge is -1.91. The second kappa shape index (κ2) is 3.85. The lowest BCUT2D eigenvalue weighted by molar-refractivity contribution is -0.117. The summed E-state index contributed by atoms with van der Waals surface area (Å²) in [5.74, 6) is 0.809. The molecule has 2 aromatic rings. The third kappa shape index (κ3) is 2.06. The fraction of sp³-hybridized carbons (Fsp3) is 0.333. The number of aryl methyl sites for hydroxylation is 2. The number of rotatable bonds is 3. The lowest BCUT2D eigenvalue weighted by atomic mass is 10.2. The molecular formula is C12H13NO2. The molecule has 3 nitrogen and oxygen atoms in total. The Labute approximate surface area is 88.1 Å². The van der Waals surface area contributed by atoms with E-state index in [9.17, 15) is 4.79 Å². The summed E-state index contributed by atoms with van der Waals surface area (Å²) in [6.45, 7) is 3.57. The number of aromatic nitrogens is 1. The van der Waals surface area contributed by atoms with Crippen molar-refractivity contribution in [1.82, 2.24) is 4.98 Å². The zero-order valence-corrected chi connectivity index (χ0v) is 8.91. The largest absolute Gasteiger partial charge is 0.440 e. The number of Topliss-reactive ketones (excluding diaryl/α,β-unsaturated/α-hetero) is 1. The zero-order valence-electron chi connectivity index (χ0n) is 8.91. The molecule has 0 atom stereocenters. The maximum Gasteiger partial charge on any atom is 0.195 e. The molecule has 78 valence electrons. The number of hydrogen-bond donors (Lipinski definition) is 0. The minimum atomic E-state index is 0.161. The van der Waals surface area contributed by atoms with Crippen molar-refractivity contribution in [3.63, 3.8) is 0 Å². The fourth-order valence-electron chi connectivity index (χ4n) is 1.52. The van der Waals surface area contributed by atoms with Crippen molar-refractivity contribution in [2.45, 2.75) is 26.7 Å². The second-order valence-electron chi connectivity index (χ2n) is 3.73. The molecule has 0 bridgehead atoms. The van der Waals surface area contributed by atoms with Crippen LogP contribution in [-0.4, -0.2) is 10.8 Å². The summed E-state index contributed by atoms with van der Waals surface area (Å²) in [4.78, 5) is 15.2. The fourth-order valence-corrected chi connectivity index (χ4v) is 1.52. The van der Waals surface area contributed by atoms with E-state index in [1.165, 1.54) is 0 Å². The molecule has 2 rings (SSSR count). The summed E-state index contributed by atoms with van der Waals surface area (Å²) in [5.41, 5.74) is 2.78. The summed E-state index contributed by atoms with van der Waals surface area (Å²) in [5, 5.41) is 0. The Morgan fingerprint density at radius 1 is 1.47 bits per heavy atom. The maximum absolute atomic E-state index is 10.8. The number of nitrogens with zero attached hydrogens (tertiary/aromatic N) is 1. The van der Waals surface area contributed by atoms with Gasteiger partial charge in [0, 0.05) is 12.8 Å². The summed E-state index contributed by atoms with van der Waals surface area (Å²) in [7, 11) is 0. The van der Waals surface area contributed by atoms with Gasteiger partial charge in [0.2, 0.25) is 0 Å². The third-order valence-electron chi connectivity index (χ3n) is 2.35. The van der Waals surface area contributed by atoms with Gasteiger partial charge in [-0.3, -0.25) is 0 Å². The highest BCUT2D eigenvalue weighted by atomic mass is 16.3. The average molecular weight is 203 g/mol. The Hall–Kier alpha value is -1.64. The number of ketones is 1. The van der Waals surface area contributed by atoms with Gasteiger partial charge in [-0.2, -0.15) is 0 Å². The monoisotopic (exact) mass is 203 g/mol. The molecule has 1 aromatic heterocycles. The topological polar surface area (TPSA) is 43.1 Å². The Morgan fingerprint density at radius 2 is 2.27 bits per heavy atom. The molecule has 0 spiro atoms. The van der Waals surface area contributed by atoms with Crippen LogP contribution in [0.4, 0.5) is 0 Å². The zero-order chi connectivity index (χ0) is 10.8. The van der Waals surface area contributed by atoms with Crippen LogP contribution in [0, 0.1) is 6.92 Å². The first-order valence-electron chi connectivity index (χ1n) is 5.01. The van der Waals surface area contributed by atoms with Crippen LogP contribution in [0.15, 0.2) is 22.6 Å². The smallest absolute Gasteiger partial charge is 0.195 e. The van der Waals surface area contributed by atoms with Crippen LogP contribution in [0.5, 0.6) is 0 Å². The summed E-state index contributed by atoms with van der Waals surface area (Å²) in [6, 6.07) is 5.86. The van der Waals surface area contributed by atoms with Gasteiger partial charge in [0.1, 0.15) is 11.3 Å². The van der Waals surface area contributed by atoms with Crippen LogP contribution in [0.1, 0.15) is 24.8 Å². The predicted molar refractivity (Wildman–Crippen MR) is 57.7 cm³/mol. The van der Waals surface area contributed by atoms with E-state index in [2.05, 4.69) is 4.98 Å². The van der Waals surface area contributed by atoms with E-state index in [0.717, 1.165) is 16.7 Å². The van der Waals surface area contributed by atoms with Gasteiger partial charge >= 0.3 is 0 Å². The number of hydrogen-bond acceptors (Lipinski definition) is 3. The van der Waals surface area contributed by atoms with Crippen molar-refractivity contribution in [3.05, 3.63) is 29.7 Å². The van der Waals surface area contributed by atoms with Crippen LogP contribution < -0.4 is 0 Å². The standard InChI is InChI=1S/C12H13NO2/c1-8-4-3-5-10-12(8)15-11(13-10)7-6-9(2)14/h3-5H,6-7H2,1-2H3. The van der Waals surface area contributed by atoms with Crippen molar-refractivity contribution in [1.29, 1.82) is 0 Å². The van der Waals surface area contributed by atoms with Crippen LogP contribution in [-0.2, 0) is 11.2 Å². The molecule has 0 radical (unpaired) electrons. The molecule has 3 heteroatoms. The number of carbonyl (C=O) groups excluding carboxylic acids is 1. The molecule has 1 heterocycles. The van der Waals surface area contributed by atoms with Gasteiger partial charge in [0.05, 0.1) is 0 Å². The van der Waals surface area contributed by atoms with Crippen molar-refractivity contribution < 1.29 is 9.21 Å². The molecule has 0 aliphatic rings. The minimum absolute atomic E-state index is 0.161. The van der Waals surface area contributed by atoms with E-state index in [1.54, 1.807) is 6.92 Å². The highest BCUT2D eigenvalue weighted by Crippen LogP contribution is 2.19. The van der Waals surface area contributed by atoms with Crippen LogP contribution in [0.3, 0.4) is 0 Å². The summed E-state index contributed by atoms with van der Waals surface area (Å²) >= 11 is 0. The highest BCUT2D eigenvalue weighted by molar-refractivity contribution is 5.77. The molecule has 0 saturated carbocycles. The molecule has 0 fully saturated rings. The molecule has 0 aliphatic carbocycles. The highest BCUT2D eigenvalue weighted by Gasteiger charge is 2.07. The normalized spacial score (nSPS) is 10.8. The maximum atomic E-state index is 10.8.